The molecule has 2 aromatic rings. The molecule has 2 nitrogen and oxygen atoms in total. The number of carbonyl (C=O) groups is 1. The van der Waals surface area contributed by atoms with E-state index >= 15 is 0 Å². The van der Waals surface area contributed by atoms with Gasteiger partial charge in [-0.25, -0.2) is 4.98 Å². The molecule has 1 heterocycles. The number of hydrogen-bond donors (Lipinski definition) is 0. The van der Waals surface area contributed by atoms with Crippen molar-refractivity contribution in [3.8, 4) is 0 Å². The predicted molar refractivity (Wildman–Crippen MR) is 75.9 cm³/mol. The third kappa shape index (κ3) is 3.54. The number of thiazole rings is 1. The number of aromatic nitrogens is 1. The van der Waals surface area contributed by atoms with Crippen molar-refractivity contribution >= 4 is 39.1 Å². The van der Waals surface area contributed by atoms with Gasteiger partial charge in [-0.3, -0.25) is 4.79 Å². The zero-order valence-corrected chi connectivity index (χ0v) is 11.4. The second-order valence-electron chi connectivity index (χ2n) is 3.84. The van der Waals surface area contributed by atoms with Crippen LogP contribution >= 0.6 is 23.1 Å². The number of hydrogen-bond acceptors (Lipinski definition) is 4. The number of fused-ring (bicyclic) bond motifs is 1. The second kappa shape index (κ2) is 6.17. The van der Waals surface area contributed by atoms with E-state index in [2.05, 4.69) is 11.9 Å². The van der Waals surface area contributed by atoms with E-state index in [1.807, 2.05) is 24.3 Å². The maximum atomic E-state index is 11.7. The summed E-state index contributed by atoms with van der Waals surface area (Å²) in [6, 6.07) is 8.02. The van der Waals surface area contributed by atoms with Gasteiger partial charge >= 0.3 is 0 Å². The van der Waals surface area contributed by atoms with E-state index in [9.17, 15) is 4.79 Å². The van der Waals surface area contributed by atoms with Crippen molar-refractivity contribution in [1.29, 1.82) is 0 Å². The monoisotopic (exact) mass is 265 g/mol. The predicted octanol–water partition coefficient (Wildman–Crippen LogP) is 3.55. The molecule has 0 unspecified atom stereocenters. The molecule has 4 heteroatoms. The van der Waals surface area contributed by atoms with Crippen LogP contribution in [0.5, 0.6) is 0 Å². The molecule has 0 spiro atoms. The number of ketones is 1. The third-order valence-corrected chi connectivity index (χ3v) is 4.56. The van der Waals surface area contributed by atoms with Gasteiger partial charge in [-0.05, 0) is 24.3 Å². The second-order valence-corrected chi connectivity index (χ2v) is 6.06. The van der Waals surface area contributed by atoms with Crippen molar-refractivity contribution in [3.63, 3.8) is 0 Å². The van der Waals surface area contributed by atoms with E-state index < -0.39 is 0 Å². The number of thioether (sulfide) groups is 1. The van der Waals surface area contributed by atoms with Crippen molar-refractivity contribution in [2.45, 2.75) is 19.8 Å². The van der Waals surface area contributed by atoms with Crippen LogP contribution in [0.15, 0.2) is 24.3 Å². The minimum atomic E-state index is 0.280. The number of para-hydroxylation sites is 1. The molecule has 0 radical (unpaired) electrons. The van der Waals surface area contributed by atoms with E-state index in [1.54, 1.807) is 23.1 Å². The summed E-state index contributed by atoms with van der Waals surface area (Å²) in [6.45, 7) is 2.13. The van der Waals surface area contributed by atoms with Gasteiger partial charge in [0.2, 0.25) is 0 Å². The molecule has 0 aliphatic heterocycles. The molecule has 0 saturated heterocycles. The zero-order valence-electron chi connectivity index (χ0n) is 9.81. The maximum Gasteiger partial charge on any atom is 0.149 e. The molecule has 90 valence electrons. The summed E-state index contributed by atoms with van der Waals surface area (Å²) in [5.41, 5.74) is 1.00. The van der Waals surface area contributed by atoms with Gasteiger partial charge in [0.15, 0.2) is 0 Å². The molecule has 0 aliphatic rings. The van der Waals surface area contributed by atoms with Crippen LogP contribution in [-0.2, 0) is 11.2 Å². The van der Waals surface area contributed by atoms with Crippen molar-refractivity contribution in [2.75, 3.05) is 11.5 Å². The van der Waals surface area contributed by atoms with Gasteiger partial charge in [-0.2, -0.15) is 11.8 Å². The molecule has 1 aromatic heterocycles. The maximum absolute atomic E-state index is 11.7. The van der Waals surface area contributed by atoms with Crippen molar-refractivity contribution in [3.05, 3.63) is 29.3 Å². The Hall–Kier alpha value is -0.870. The Kier molecular flexibility index (Phi) is 4.57. The Morgan fingerprint density at radius 2 is 2.24 bits per heavy atom. The zero-order chi connectivity index (χ0) is 12.1. The highest BCUT2D eigenvalue weighted by molar-refractivity contribution is 7.99. The molecule has 0 N–H and O–H groups in total. The van der Waals surface area contributed by atoms with Gasteiger partial charge in [-0.1, -0.05) is 19.1 Å². The first kappa shape index (κ1) is 12.6. The normalized spacial score (nSPS) is 10.9. The molecule has 0 atom stereocenters. The van der Waals surface area contributed by atoms with Crippen LogP contribution in [-0.4, -0.2) is 22.3 Å². The minimum Gasteiger partial charge on any atom is -0.298 e. The molecule has 2 rings (SSSR count). The van der Waals surface area contributed by atoms with Crippen molar-refractivity contribution < 1.29 is 4.79 Å². The molecule has 1 aromatic carbocycles. The van der Waals surface area contributed by atoms with Gasteiger partial charge in [0.1, 0.15) is 10.8 Å². The van der Waals surface area contributed by atoms with Crippen molar-refractivity contribution in [1.82, 2.24) is 4.98 Å². The summed E-state index contributed by atoms with van der Waals surface area (Å²) in [7, 11) is 0. The largest absolute Gasteiger partial charge is 0.298 e. The van der Waals surface area contributed by atoms with Crippen LogP contribution in [0.1, 0.15) is 18.4 Å². The number of rotatable bonds is 6. The summed E-state index contributed by atoms with van der Waals surface area (Å²) in [5, 5.41) is 0.938. The Bertz CT molecular complexity index is 474. The summed E-state index contributed by atoms with van der Waals surface area (Å²) in [6.07, 6.45) is 1.61. The van der Waals surface area contributed by atoms with E-state index in [4.69, 9.17) is 0 Å². The molecule has 0 bridgehead atoms. The molecule has 0 amide bonds. The smallest absolute Gasteiger partial charge is 0.149 e. The Morgan fingerprint density at radius 1 is 1.41 bits per heavy atom. The minimum absolute atomic E-state index is 0.280. The lowest BCUT2D eigenvalue weighted by molar-refractivity contribution is -0.115. The molecule has 0 aliphatic carbocycles. The van der Waals surface area contributed by atoms with Crippen LogP contribution in [0, 0.1) is 0 Å². The number of carbonyl (C=O) groups excluding carboxylic acids is 1. The lowest BCUT2D eigenvalue weighted by Crippen LogP contribution is -2.05. The number of benzene rings is 1. The lowest BCUT2D eigenvalue weighted by Gasteiger charge is -1.97. The fraction of sp³-hybridized carbons (Fsp3) is 0.385. The molecular formula is C13H15NOS2. The average Bonchev–Trinajstić information content (AvgIpc) is 2.71. The van der Waals surface area contributed by atoms with E-state index in [0.717, 1.165) is 27.4 Å². The van der Waals surface area contributed by atoms with Crippen LogP contribution in [0.25, 0.3) is 10.2 Å². The fourth-order valence-corrected chi connectivity index (χ4v) is 3.30. The first-order chi connectivity index (χ1) is 8.29. The first-order valence-electron chi connectivity index (χ1n) is 5.73. The van der Waals surface area contributed by atoms with E-state index in [-0.39, 0.29) is 5.78 Å². The summed E-state index contributed by atoms with van der Waals surface area (Å²) in [5.74, 6) is 1.96. The Balaban J connectivity index is 1.96. The van der Waals surface area contributed by atoms with Crippen LogP contribution in [0.4, 0.5) is 0 Å². The summed E-state index contributed by atoms with van der Waals surface area (Å²) in [4.78, 5) is 16.2. The Morgan fingerprint density at radius 3 is 3.00 bits per heavy atom. The van der Waals surface area contributed by atoms with Gasteiger partial charge < -0.3 is 0 Å². The van der Waals surface area contributed by atoms with Gasteiger partial charge in [0, 0.05) is 0 Å². The van der Waals surface area contributed by atoms with Gasteiger partial charge in [0.05, 0.1) is 22.4 Å². The van der Waals surface area contributed by atoms with Crippen LogP contribution in [0.3, 0.4) is 0 Å². The quantitative estimate of drug-likeness (QED) is 0.748. The highest BCUT2D eigenvalue weighted by atomic mass is 32.2. The molecule has 0 saturated carbocycles. The highest BCUT2D eigenvalue weighted by Gasteiger charge is 2.08. The molecule has 0 fully saturated rings. The van der Waals surface area contributed by atoms with E-state index in [0.29, 0.717) is 12.2 Å². The summed E-state index contributed by atoms with van der Waals surface area (Å²) >= 11 is 3.34. The molecule has 17 heavy (non-hydrogen) atoms. The lowest BCUT2D eigenvalue weighted by atomic mass is 10.3. The molecular weight excluding hydrogens is 250 g/mol. The topological polar surface area (TPSA) is 30.0 Å². The standard InChI is InChI=1S/C13H15NOS2/c1-2-7-16-9-10(15)8-13-14-11-5-3-4-6-12(11)17-13/h3-6H,2,7-9H2,1H3. The van der Waals surface area contributed by atoms with Crippen LogP contribution in [0.2, 0.25) is 0 Å². The SMILES string of the molecule is CCCSCC(=O)Cc1nc2ccccc2s1. The fourth-order valence-electron chi connectivity index (χ4n) is 1.55. The van der Waals surface area contributed by atoms with Crippen molar-refractivity contribution in [2.24, 2.45) is 0 Å². The van der Waals surface area contributed by atoms with Gasteiger partial charge in [0.25, 0.3) is 0 Å². The first-order valence-corrected chi connectivity index (χ1v) is 7.70. The summed E-state index contributed by atoms with van der Waals surface area (Å²) < 4.78 is 1.16. The Labute approximate surface area is 109 Å². The third-order valence-electron chi connectivity index (χ3n) is 2.30. The number of Topliss-reactive ketones (excluding diaryl/α,β-unsaturated/α-hetero) is 1. The number of nitrogens with zero attached hydrogens (tertiary/aromatic N) is 1. The highest BCUT2D eigenvalue weighted by Crippen LogP contribution is 2.22. The van der Waals surface area contributed by atoms with E-state index in [1.165, 1.54) is 0 Å². The van der Waals surface area contributed by atoms with Crippen LogP contribution < -0.4 is 0 Å². The van der Waals surface area contributed by atoms with Gasteiger partial charge in [-0.15, -0.1) is 11.3 Å². The average molecular weight is 265 g/mol.